The van der Waals surface area contributed by atoms with Crippen molar-refractivity contribution < 1.29 is 10.0 Å². The Hall–Kier alpha value is -0.850. The van der Waals surface area contributed by atoms with E-state index in [2.05, 4.69) is 15.9 Å². The van der Waals surface area contributed by atoms with E-state index in [0.29, 0.717) is 10.0 Å². The number of nitrogens with two attached hydrogens (primary N) is 1. The van der Waals surface area contributed by atoms with Crippen LogP contribution in [0, 0.1) is 15.5 Å². The third-order valence-electron chi connectivity index (χ3n) is 2.55. The van der Waals surface area contributed by atoms with Gasteiger partial charge in [0.2, 0.25) is 0 Å². The molecule has 0 aliphatic rings. The predicted molar refractivity (Wildman–Crippen MR) is 76.1 cm³/mol. The van der Waals surface area contributed by atoms with Crippen LogP contribution >= 0.6 is 28.3 Å². The smallest absolute Gasteiger partial charge is 0.312 e. The van der Waals surface area contributed by atoms with Gasteiger partial charge in [-0.25, -0.2) is 0 Å². The highest BCUT2D eigenvalue weighted by Crippen LogP contribution is 2.41. The van der Waals surface area contributed by atoms with Crippen molar-refractivity contribution in [2.45, 2.75) is 26.8 Å². The molecule has 3 N–H and O–H groups in total. The zero-order valence-electron chi connectivity index (χ0n) is 10.3. The minimum Gasteiger partial charge on any atom is -0.502 e. The Balaban J connectivity index is 0.00000289. The van der Waals surface area contributed by atoms with Crippen LogP contribution in [0.1, 0.15) is 32.4 Å². The van der Waals surface area contributed by atoms with Crippen molar-refractivity contribution in [3.05, 3.63) is 32.3 Å². The van der Waals surface area contributed by atoms with Crippen LogP contribution < -0.4 is 5.73 Å². The molecular weight excluding hydrogens is 323 g/mol. The molecule has 1 atom stereocenters. The summed E-state index contributed by atoms with van der Waals surface area (Å²) >= 11 is 3.18. The first-order valence-corrected chi connectivity index (χ1v) is 5.86. The molecule has 5 nitrogen and oxygen atoms in total. The van der Waals surface area contributed by atoms with Crippen LogP contribution in [0.4, 0.5) is 5.69 Å². The van der Waals surface area contributed by atoms with Crippen LogP contribution in [0.5, 0.6) is 5.75 Å². The topological polar surface area (TPSA) is 89.4 Å². The maximum Gasteiger partial charge on any atom is 0.312 e. The Labute approximate surface area is 120 Å². The number of halogens is 2. The van der Waals surface area contributed by atoms with Gasteiger partial charge in [-0.15, -0.1) is 12.4 Å². The molecule has 0 aliphatic carbocycles. The van der Waals surface area contributed by atoms with Crippen LogP contribution in [-0.2, 0) is 0 Å². The molecule has 18 heavy (non-hydrogen) atoms. The first kappa shape index (κ1) is 17.2. The molecule has 0 fully saturated rings. The number of benzene rings is 1. The number of phenolic OH excluding ortho intramolecular Hbond substituents is 1. The number of nitro groups is 1. The van der Waals surface area contributed by atoms with E-state index in [1.165, 1.54) is 6.07 Å². The molecule has 0 aliphatic heterocycles. The van der Waals surface area contributed by atoms with Crippen molar-refractivity contribution in [1.82, 2.24) is 0 Å². The van der Waals surface area contributed by atoms with Crippen LogP contribution in [0.25, 0.3) is 0 Å². The van der Waals surface area contributed by atoms with Crippen molar-refractivity contribution in [1.29, 1.82) is 0 Å². The molecule has 0 spiro atoms. The van der Waals surface area contributed by atoms with Gasteiger partial charge in [0.1, 0.15) is 0 Å². The third kappa shape index (κ3) is 3.57. The number of nitrogens with zero attached hydrogens (tertiary/aromatic N) is 1. The molecule has 1 rings (SSSR count). The second kappa shape index (κ2) is 5.86. The summed E-state index contributed by atoms with van der Waals surface area (Å²) in [7, 11) is 0. The molecule has 7 heteroatoms. The second-order valence-electron chi connectivity index (χ2n) is 4.96. The largest absolute Gasteiger partial charge is 0.502 e. The summed E-state index contributed by atoms with van der Waals surface area (Å²) in [4.78, 5) is 10.2. The Bertz CT molecular complexity index is 460. The van der Waals surface area contributed by atoms with Gasteiger partial charge in [0, 0.05) is 22.1 Å². The normalized spacial score (nSPS) is 12.7. The Morgan fingerprint density at radius 3 is 2.33 bits per heavy atom. The first-order chi connectivity index (χ1) is 7.64. The highest BCUT2D eigenvalue weighted by Gasteiger charge is 2.29. The standard InChI is InChI=1S/C11H15BrN2O3.ClH/c1-11(2,3)10(13)7-4-6(12)5-8(9(7)15)14(16)17;/h4-5,10,15H,13H2,1-3H3;1H/t10-;/m0./s1. The lowest BCUT2D eigenvalue weighted by atomic mass is 9.82. The van der Waals surface area contributed by atoms with E-state index < -0.39 is 11.0 Å². The molecule has 0 unspecified atom stereocenters. The fraction of sp³-hybridized carbons (Fsp3) is 0.455. The van der Waals surface area contributed by atoms with Crippen LogP contribution in [-0.4, -0.2) is 10.0 Å². The zero-order valence-corrected chi connectivity index (χ0v) is 12.7. The molecule has 102 valence electrons. The zero-order chi connectivity index (χ0) is 13.4. The Kier molecular flexibility index (Phi) is 5.58. The summed E-state index contributed by atoms with van der Waals surface area (Å²) < 4.78 is 0.525. The van der Waals surface area contributed by atoms with Gasteiger partial charge in [0.05, 0.1) is 4.92 Å². The number of rotatable bonds is 2. The maximum atomic E-state index is 10.8. The minimum atomic E-state index is -0.626. The summed E-state index contributed by atoms with van der Waals surface area (Å²) in [5, 5.41) is 20.7. The van der Waals surface area contributed by atoms with Crippen LogP contribution in [0.15, 0.2) is 16.6 Å². The van der Waals surface area contributed by atoms with E-state index in [-0.39, 0.29) is 29.3 Å². The number of nitro benzene ring substituents is 1. The molecule has 0 amide bonds. The molecule has 0 bridgehead atoms. The van der Waals surface area contributed by atoms with Crippen molar-refractivity contribution in [2.75, 3.05) is 0 Å². The van der Waals surface area contributed by atoms with E-state index in [4.69, 9.17) is 5.73 Å². The average molecular weight is 340 g/mol. The summed E-state index contributed by atoms with van der Waals surface area (Å²) in [6.07, 6.45) is 0. The predicted octanol–water partition coefficient (Wildman–Crippen LogP) is 3.53. The number of aromatic hydroxyl groups is 1. The van der Waals surface area contributed by atoms with Crippen molar-refractivity contribution in [3.8, 4) is 5.75 Å². The summed E-state index contributed by atoms with van der Waals surface area (Å²) in [6.45, 7) is 5.72. The molecule has 0 saturated carbocycles. The SMILES string of the molecule is CC(C)(C)[C@@H](N)c1cc(Br)cc([N+](=O)[O-])c1O.Cl. The van der Waals surface area contributed by atoms with Gasteiger partial charge >= 0.3 is 5.69 Å². The van der Waals surface area contributed by atoms with Gasteiger partial charge in [-0.2, -0.15) is 0 Å². The van der Waals surface area contributed by atoms with Crippen LogP contribution in [0.2, 0.25) is 0 Å². The molecular formula is C11H16BrClN2O3. The average Bonchev–Trinajstić information content (AvgIpc) is 2.18. The summed E-state index contributed by atoms with van der Waals surface area (Å²) in [6, 6.07) is 2.38. The van der Waals surface area contributed by atoms with Crippen molar-refractivity contribution >= 4 is 34.0 Å². The molecule has 0 saturated heterocycles. The molecule has 0 radical (unpaired) electrons. The molecule has 1 aromatic rings. The maximum absolute atomic E-state index is 10.8. The lowest BCUT2D eigenvalue weighted by molar-refractivity contribution is -0.386. The lowest BCUT2D eigenvalue weighted by Crippen LogP contribution is -2.26. The van der Waals surface area contributed by atoms with Gasteiger partial charge in [-0.05, 0) is 11.5 Å². The van der Waals surface area contributed by atoms with Crippen molar-refractivity contribution in [3.63, 3.8) is 0 Å². The highest BCUT2D eigenvalue weighted by atomic mass is 79.9. The third-order valence-corrected chi connectivity index (χ3v) is 3.01. The summed E-state index contributed by atoms with van der Waals surface area (Å²) in [5.74, 6) is -0.361. The van der Waals surface area contributed by atoms with Gasteiger partial charge in [-0.1, -0.05) is 36.7 Å². The number of hydrogen-bond donors (Lipinski definition) is 2. The first-order valence-electron chi connectivity index (χ1n) is 5.07. The fourth-order valence-electron chi connectivity index (χ4n) is 1.45. The number of phenols is 1. The molecule has 0 aromatic heterocycles. The van der Waals surface area contributed by atoms with Crippen LogP contribution in [0.3, 0.4) is 0 Å². The quantitative estimate of drug-likeness (QED) is 0.637. The second-order valence-corrected chi connectivity index (χ2v) is 5.88. The van der Waals surface area contributed by atoms with Crippen molar-refractivity contribution in [2.24, 2.45) is 11.1 Å². The highest BCUT2D eigenvalue weighted by molar-refractivity contribution is 9.10. The van der Waals surface area contributed by atoms with E-state index in [1.54, 1.807) is 6.07 Å². The fourth-order valence-corrected chi connectivity index (χ4v) is 1.91. The van der Waals surface area contributed by atoms with E-state index in [1.807, 2.05) is 20.8 Å². The van der Waals surface area contributed by atoms with Gasteiger partial charge < -0.3 is 10.8 Å². The Morgan fingerprint density at radius 1 is 1.44 bits per heavy atom. The van der Waals surface area contributed by atoms with Gasteiger partial charge in [0.15, 0.2) is 5.75 Å². The van der Waals surface area contributed by atoms with E-state index in [9.17, 15) is 15.2 Å². The van der Waals surface area contributed by atoms with E-state index in [0.717, 1.165) is 0 Å². The van der Waals surface area contributed by atoms with Gasteiger partial charge in [-0.3, -0.25) is 10.1 Å². The van der Waals surface area contributed by atoms with Gasteiger partial charge in [0.25, 0.3) is 0 Å². The monoisotopic (exact) mass is 338 g/mol. The molecule has 1 aromatic carbocycles. The lowest BCUT2D eigenvalue weighted by Gasteiger charge is -2.27. The Morgan fingerprint density at radius 2 is 1.94 bits per heavy atom. The summed E-state index contributed by atoms with van der Waals surface area (Å²) in [5.41, 5.74) is 5.74. The van der Waals surface area contributed by atoms with E-state index >= 15 is 0 Å². The number of hydrogen-bond acceptors (Lipinski definition) is 4. The molecule has 0 heterocycles. The minimum absolute atomic E-state index is 0.